The van der Waals surface area contributed by atoms with Crippen LogP contribution in [0.25, 0.3) is 0 Å². The summed E-state index contributed by atoms with van der Waals surface area (Å²) in [5.41, 5.74) is 3.27. The van der Waals surface area contributed by atoms with Crippen molar-refractivity contribution in [1.82, 2.24) is 9.88 Å². The Bertz CT molecular complexity index is 799. The van der Waals surface area contributed by atoms with Crippen LogP contribution in [0.2, 0.25) is 0 Å². The minimum absolute atomic E-state index is 0.130. The Morgan fingerprint density at radius 1 is 1.00 bits per heavy atom. The lowest BCUT2D eigenvalue weighted by atomic mass is 10.1. The lowest BCUT2D eigenvalue weighted by molar-refractivity contribution is -0.131. The summed E-state index contributed by atoms with van der Waals surface area (Å²) in [6.45, 7) is 3.31. The summed E-state index contributed by atoms with van der Waals surface area (Å²) >= 11 is 1.59. The van der Waals surface area contributed by atoms with E-state index < -0.39 is 0 Å². The first-order chi connectivity index (χ1) is 12.2. The zero-order valence-corrected chi connectivity index (χ0v) is 15.2. The molecule has 1 heterocycles. The highest BCUT2D eigenvalue weighted by atomic mass is 32.1. The molecule has 0 saturated heterocycles. The minimum atomic E-state index is 0.130. The lowest BCUT2D eigenvalue weighted by Crippen LogP contribution is -2.33. The number of carbonyl (C=O) groups excluding carboxylic acids is 1. The van der Waals surface area contributed by atoms with Crippen molar-refractivity contribution in [2.75, 3.05) is 6.54 Å². The molecule has 0 aliphatic rings. The van der Waals surface area contributed by atoms with Crippen LogP contribution in [0.4, 0.5) is 0 Å². The van der Waals surface area contributed by atoms with E-state index in [2.05, 4.69) is 29.2 Å². The van der Waals surface area contributed by atoms with Gasteiger partial charge in [-0.15, -0.1) is 11.3 Å². The van der Waals surface area contributed by atoms with Gasteiger partial charge in [-0.05, 0) is 24.5 Å². The molecular weight excluding hydrogens is 328 g/mol. The van der Waals surface area contributed by atoms with Gasteiger partial charge in [-0.2, -0.15) is 0 Å². The highest BCUT2D eigenvalue weighted by Crippen LogP contribution is 2.12. The number of aromatic nitrogens is 1. The van der Waals surface area contributed by atoms with Crippen molar-refractivity contribution in [3.8, 4) is 0 Å². The van der Waals surface area contributed by atoms with E-state index in [1.165, 1.54) is 5.56 Å². The van der Waals surface area contributed by atoms with E-state index in [1.807, 2.05) is 53.6 Å². The van der Waals surface area contributed by atoms with Gasteiger partial charge in [0.05, 0.1) is 17.1 Å². The number of amides is 1. The molecule has 3 aromatic rings. The van der Waals surface area contributed by atoms with Crippen molar-refractivity contribution in [2.45, 2.75) is 26.3 Å². The maximum absolute atomic E-state index is 12.8. The van der Waals surface area contributed by atoms with E-state index in [0.717, 1.165) is 22.7 Å². The highest BCUT2D eigenvalue weighted by molar-refractivity contribution is 7.09. The lowest BCUT2D eigenvalue weighted by Gasteiger charge is -2.23. The van der Waals surface area contributed by atoms with Crippen LogP contribution in [0.3, 0.4) is 0 Å². The molecule has 1 amide bonds. The van der Waals surface area contributed by atoms with Gasteiger partial charge in [0.1, 0.15) is 0 Å². The zero-order valence-electron chi connectivity index (χ0n) is 14.4. The van der Waals surface area contributed by atoms with Gasteiger partial charge in [-0.1, -0.05) is 60.7 Å². The van der Waals surface area contributed by atoms with E-state index in [4.69, 9.17) is 0 Å². The zero-order chi connectivity index (χ0) is 17.5. The number of hydrogen-bond acceptors (Lipinski definition) is 3. The Morgan fingerprint density at radius 3 is 2.24 bits per heavy atom. The third-order valence-electron chi connectivity index (χ3n) is 4.08. The van der Waals surface area contributed by atoms with Crippen molar-refractivity contribution < 1.29 is 4.79 Å². The average Bonchev–Trinajstić information content (AvgIpc) is 3.05. The second-order valence-electron chi connectivity index (χ2n) is 6.07. The molecule has 128 valence electrons. The first-order valence-corrected chi connectivity index (χ1v) is 9.35. The number of nitrogens with zero attached hydrogens (tertiary/aromatic N) is 2. The summed E-state index contributed by atoms with van der Waals surface area (Å²) in [5, 5.41) is 2.98. The van der Waals surface area contributed by atoms with Crippen LogP contribution in [0, 0.1) is 6.92 Å². The van der Waals surface area contributed by atoms with Crippen LogP contribution >= 0.6 is 11.3 Å². The van der Waals surface area contributed by atoms with Gasteiger partial charge in [0.2, 0.25) is 5.91 Å². The highest BCUT2D eigenvalue weighted by Gasteiger charge is 2.16. The summed E-state index contributed by atoms with van der Waals surface area (Å²) in [6.07, 6.45) is 1.22. The molecule has 0 radical (unpaired) electrons. The molecule has 0 saturated carbocycles. The second kappa shape index (κ2) is 8.58. The first-order valence-electron chi connectivity index (χ1n) is 8.47. The number of thiazole rings is 1. The Balaban J connectivity index is 1.69. The van der Waals surface area contributed by atoms with Gasteiger partial charge in [-0.25, -0.2) is 4.98 Å². The van der Waals surface area contributed by atoms with Gasteiger partial charge in [0, 0.05) is 18.5 Å². The molecule has 0 bridgehead atoms. The molecule has 1 aromatic heterocycles. The predicted octanol–water partition coefficient (Wildman–Crippen LogP) is 4.27. The maximum atomic E-state index is 12.8. The van der Waals surface area contributed by atoms with Crippen LogP contribution in [0.15, 0.2) is 66.0 Å². The first kappa shape index (κ1) is 17.4. The van der Waals surface area contributed by atoms with Gasteiger partial charge < -0.3 is 4.90 Å². The molecule has 0 aliphatic carbocycles. The number of benzene rings is 2. The maximum Gasteiger partial charge on any atom is 0.228 e. The van der Waals surface area contributed by atoms with Crippen LogP contribution in [-0.2, 0) is 24.2 Å². The summed E-state index contributed by atoms with van der Waals surface area (Å²) in [5.74, 6) is 0.130. The van der Waals surface area contributed by atoms with E-state index >= 15 is 0 Å². The quantitative estimate of drug-likeness (QED) is 0.638. The van der Waals surface area contributed by atoms with E-state index in [-0.39, 0.29) is 5.91 Å². The molecule has 3 rings (SSSR count). The van der Waals surface area contributed by atoms with Crippen molar-refractivity contribution in [2.24, 2.45) is 0 Å². The number of aryl methyl sites for hydroxylation is 1. The van der Waals surface area contributed by atoms with Crippen LogP contribution < -0.4 is 0 Å². The molecule has 4 heteroatoms. The molecule has 25 heavy (non-hydrogen) atoms. The predicted molar refractivity (Wildman–Crippen MR) is 103 cm³/mol. The average molecular weight is 350 g/mol. The third-order valence-corrected chi connectivity index (χ3v) is 4.90. The van der Waals surface area contributed by atoms with Gasteiger partial charge in [0.25, 0.3) is 0 Å². The van der Waals surface area contributed by atoms with Crippen LogP contribution in [0.5, 0.6) is 0 Å². The van der Waals surface area contributed by atoms with E-state index in [1.54, 1.807) is 11.3 Å². The molecule has 0 spiro atoms. The Morgan fingerprint density at radius 2 is 1.64 bits per heavy atom. The fourth-order valence-corrected chi connectivity index (χ4v) is 3.37. The Kier molecular flexibility index (Phi) is 5.96. The molecule has 0 aliphatic heterocycles. The normalized spacial score (nSPS) is 10.6. The molecule has 0 atom stereocenters. The fraction of sp³-hybridized carbons (Fsp3) is 0.238. The Hall–Kier alpha value is -2.46. The summed E-state index contributed by atoms with van der Waals surface area (Å²) in [6, 6.07) is 20.5. The number of rotatable bonds is 7. The molecule has 0 N–H and O–H groups in total. The smallest absolute Gasteiger partial charge is 0.228 e. The largest absolute Gasteiger partial charge is 0.338 e. The van der Waals surface area contributed by atoms with Crippen molar-refractivity contribution in [3.05, 3.63) is 87.9 Å². The summed E-state index contributed by atoms with van der Waals surface area (Å²) in [4.78, 5) is 19.2. The van der Waals surface area contributed by atoms with Gasteiger partial charge in [-0.3, -0.25) is 4.79 Å². The number of carbonyl (C=O) groups is 1. The number of hydrogen-bond donors (Lipinski definition) is 0. The molecule has 3 nitrogen and oxygen atoms in total. The SMILES string of the molecule is Cc1nc(CC(=O)N(CCc2ccccc2)Cc2ccccc2)cs1. The van der Waals surface area contributed by atoms with Gasteiger partial charge in [0.15, 0.2) is 0 Å². The third kappa shape index (κ3) is 5.26. The molecule has 2 aromatic carbocycles. The van der Waals surface area contributed by atoms with Crippen molar-refractivity contribution in [3.63, 3.8) is 0 Å². The van der Waals surface area contributed by atoms with Crippen molar-refractivity contribution in [1.29, 1.82) is 0 Å². The van der Waals surface area contributed by atoms with Crippen LogP contribution in [-0.4, -0.2) is 22.3 Å². The van der Waals surface area contributed by atoms with Crippen LogP contribution in [0.1, 0.15) is 21.8 Å². The molecular formula is C21H22N2OS. The van der Waals surface area contributed by atoms with E-state index in [9.17, 15) is 4.79 Å². The topological polar surface area (TPSA) is 33.2 Å². The molecule has 0 fully saturated rings. The minimum Gasteiger partial charge on any atom is -0.338 e. The summed E-state index contributed by atoms with van der Waals surface area (Å²) < 4.78 is 0. The Labute approximate surface area is 153 Å². The van der Waals surface area contributed by atoms with E-state index in [0.29, 0.717) is 19.5 Å². The molecule has 0 unspecified atom stereocenters. The van der Waals surface area contributed by atoms with Gasteiger partial charge >= 0.3 is 0 Å². The fourth-order valence-electron chi connectivity index (χ4n) is 2.76. The van der Waals surface area contributed by atoms with Crippen molar-refractivity contribution >= 4 is 17.2 Å². The second-order valence-corrected chi connectivity index (χ2v) is 7.13. The standard InChI is InChI=1S/C21H22N2OS/c1-17-22-20(16-25-17)14-21(24)23(15-19-10-6-3-7-11-19)13-12-18-8-4-2-5-9-18/h2-11,16H,12-15H2,1H3. The summed E-state index contributed by atoms with van der Waals surface area (Å²) in [7, 11) is 0. The monoisotopic (exact) mass is 350 g/mol.